The Balaban J connectivity index is 2.03. The molecule has 0 aromatic rings. The maximum Gasteiger partial charge on any atom is 0.325 e. The normalized spacial score (nSPS) is 22.4. The van der Waals surface area contributed by atoms with Crippen molar-refractivity contribution >= 4 is 11.9 Å². The van der Waals surface area contributed by atoms with E-state index in [1.165, 1.54) is 0 Å². The number of carbonyl (C=O) groups is 2. The van der Waals surface area contributed by atoms with E-state index in [1.807, 2.05) is 13.0 Å². The van der Waals surface area contributed by atoms with Crippen LogP contribution in [0.5, 0.6) is 0 Å². The Kier molecular flexibility index (Phi) is 3.58. The summed E-state index contributed by atoms with van der Waals surface area (Å²) in [7, 11) is 0. The number of hydrogen-bond donors (Lipinski definition) is 1. The molecule has 3 amide bonds. The Bertz CT molecular complexity index is 458. The zero-order chi connectivity index (χ0) is 14.0. The van der Waals surface area contributed by atoms with Gasteiger partial charge in [0.1, 0.15) is 12.1 Å². The second-order valence-corrected chi connectivity index (χ2v) is 5.29. The molecule has 102 valence electrons. The molecule has 0 saturated carbocycles. The number of rotatable bonds is 3. The first-order valence-corrected chi connectivity index (χ1v) is 6.36. The minimum atomic E-state index is -0.792. The predicted octanol–water partition coefficient (Wildman–Crippen LogP) is 0.472. The molecule has 2 fully saturated rings. The molecular formula is C13H18N4O2. The Hall–Kier alpha value is -1.87. The molecule has 0 aromatic carbocycles. The molecule has 2 rings (SSSR count). The summed E-state index contributed by atoms with van der Waals surface area (Å²) in [6, 6.07) is 1.41. The molecule has 6 nitrogen and oxygen atoms in total. The van der Waals surface area contributed by atoms with Crippen LogP contribution in [0.2, 0.25) is 0 Å². The van der Waals surface area contributed by atoms with Crippen molar-refractivity contribution in [1.29, 1.82) is 5.26 Å². The van der Waals surface area contributed by atoms with Crippen molar-refractivity contribution in [2.24, 2.45) is 0 Å². The molecule has 0 atom stereocenters. The van der Waals surface area contributed by atoms with Crippen molar-refractivity contribution in [3.8, 4) is 6.07 Å². The van der Waals surface area contributed by atoms with Crippen LogP contribution in [0.3, 0.4) is 0 Å². The van der Waals surface area contributed by atoms with Gasteiger partial charge in [0.15, 0.2) is 0 Å². The van der Waals surface area contributed by atoms with Gasteiger partial charge in [-0.25, -0.2) is 9.69 Å². The Morgan fingerprint density at radius 1 is 1.47 bits per heavy atom. The van der Waals surface area contributed by atoms with Crippen LogP contribution in [0.1, 0.15) is 19.8 Å². The van der Waals surface area contributed by atoms with Crippen LogP contribution in [0, 0.1) is 11.3 Å². The zero-order valence-corrected chi connectivity index (χ0v) is 11.1. The summed E-state index contributed by atoms with van der Waals surface area (Å²) in [6.07, 6.45) is 1.18. The third kappa shape index (κ3) is 2.47. The molecule has 1 spiro atoms. The number of nitrogens with one attached hydrogen (secondary N) is 1. The van der Waals surface area contributed by atoms with Crippen LogP contribution in [-0.4, -0.2) is 53.5 Å². The molecule has 0 aromatic heterocycles. The fourth-order valence-electron chi connectivity index (χ4n) is 2.70. The lowest BCUT2D eigenvalue weighted by Gasteiger charge is -2.37. The molecule has 2 heterocycles. The van der Waals surface area contributed by atoms with Gasteiger partial charge in [0.25, 0.3) is 5.91 Å². The fraction of sp³-hybridized carbons (Fsp3) is 0.615. The summed E-state index contributed by atoms with van der Waals surface area (Å²) in [5.41, 5.74) is 0.295. The summed E-state index contributed by atoms with van der Waals surface area (Å²) in [5, 5.41) is 11.4. The van der Waals surface area contributed by atoms with Gasteiger partial charge in [-0.2, -0.15) is 5.26 Å². The average Bonchev–Trinajstić information content (AvgIpc) is 2.57. The number of amides is 3. The van der Waals surface area contributed by atoms with Gasteiger partial charge in [0, 0.05) is 19.6 Å². The van der Waals surface area contributed by atoms with E-state index < -0.39 is 11.6 Å². The summed E-state index contributed by atoms with van der Waals surface area (Å²) < 4.78 is 0. The van der Waals surface area contributed by atoms with Gasteiger partial charge in [-0.15, -0.1) is 0 Å². The highest BCUT2D eigenvalue weighted by Gasteiger charge is 2.52. The number of urea groups is 1. The van der Waals surface area contributed by atoms with Gasteiger partial charge in [-0.3, -0.25) is 9.69 Å². The van der Waals surface area contributed by atoms with Crippen molar-refractivity contribution in [2.45, 2.75) is 25.3 Å². The molecule has 0 aliphatic carbocycles. The molecule has 1 N–H and O–H groups in total. The first-order valence-electron chi connectivity index (χ1n) is 6.36. The largest absolute Gasteiger partial charge is 0.325 e. The Morgan fingerprint density at radius 2 is 2.11 bits per heavy atom. The summed E-state index contributed by atoms with van der Waals surface area (Å²) in [6.45, 7) is 7.99. The van der Waals surface area contributed by atoms with Crippen molar-refractivity contribution in [3.63, 3.8) is 0 Å². The monoisotopic (exact) mass is 262 g/mol. The number of nitriles is 1. The first kappa shape index (κ1) is 13.6. The third-order valence-electron chi connectivity index (χ3n) is 3.68. The van der Waals surface area contributed by atoms with E-state index in [1.54, 1.807) is 0 Å². The quantitative estimate of drug-likeness (QED) is 0.456. The van der Waals surface area contributed by atoms with Crippen molar-refractivity contribution in [3.05, 3.63) is 12.2 Å². The lowest BCUT2D eigenvalue weighted by atomic mass is 9.87. The van der Waals surface area contributed by atoms with E-state index in [0.717, 1.165) is 30.1 Å². The third-order valence-corrected chi connectivity index (χ3v) is 3.68. The van der Waals surface area contributed by atoms with Crippen LogP contribution in [0.25, 0.3) is 0 Å². The number of hydrogen-bond acceptors (Lipinski definition) is 4. The maximum atomic E-state index is 12.3. The number of imide groups is 1. The van der Waals surface area contributed by atoms with E-state index >= 15 is 0 Å². The highest BCUT2D eigenvalue weighted by Crippen LogP contribution is 2.29. The van der Waals surface area contributed by atoms with Gasteiger partial charge in [-0.05, 0) is 19.8 Å². The second-order valence-electron chi connectivity index (χ2n) is 5.29. The van der Waals surface area contributed by atoms with E-state index in [4.69, 9.17) is 5.26 Å². The number of likely N-dealkylation sites (tertiary alicyclic amines) is 1. The molecule has 2 aliphatic rings. The zero-order valence-electron chi connectivity index (χ0n) is 11.1. The number of nitrogens with zero attached hydrogens (tertiary/aromatic N) is 3. The van der Waals surface area contributed by atoms with Gasteiger partial charge < -0.3 is 5.32 Å². The molecule has 0 unspecified atom stereocenters. The lowest BCUT2D eigenvalue weighted by molar-refractivity contribution is -0.132. The minimum Gasteiger partial charge on any atom is -0.323 e. The van der Waals surface area contributed by atoms with E-state index in [0.29, 0.717) is 12.8 Å². The standard InChI is InChI=1S/C13H18N4O2/c1-10(2)9-16-6-3-13(4-7-16)11(18)17(8-5-14)12(19)15-13/h1,3-4,6-9H2,2H3,(H,15,19). The highest BCUT2D eigenvalue weighted by molar-refractivity contribution is 6.07. The molecular weight excluding hydrogens is 244 g/mol. The molecule has 0 radical (unpaired) electrons. The topological polar surface area (TPSA) is 76.4 Å². The van der Waals surface area contributed by atoms with Gasteiger partial charge in [0.2, 0.25) is 0 Å². The van der Waals surface area contributed by atoms with Crippen LogP contribution in [0.4, 0.5) is 4.79 Å². The minimum absolute atomic E-state index is 0.179. The van der Waals surface area contributed by atoms with Crippen molar-refractivity contribution < 1.29 is 9.59 Å². The summed E-state index contributed by atoms with van der Waals surface area (Å²) in [5.74, 6) is -0.256. The summed E-state index contributed by atoms with van der Waals surface area (Å²) in [4.78, 5) is 27.2. The van der Waals surface area contributed by atoms with Gasteiger partial charge in [-0.1, -0.05) is 12.2 Å². The fourth-order valence-corrected chi connectivity index (χ4v) is 2.70. The molecule has 2 aliphatic heterocycles. The van der Waals surface area contributed by atoms with E-state index in [9.17, 15) is 9.59 Å². The van der Waals surface area contributed by atoms with Gasteiger partial charge >= 0.3 is 6.03 Å². The SMILES string of the molecule is C=C(C)CN1CCC2(CC1)NC(=O)N(CC#N)C2=O. The van der Waals surface area contributed by atoms with Crippen LogP contribution in [0.15, 0.2) is 12.2 Å². The first-order chi connectivity index (χ1) is 8.98. The van der Waals surface area contributed by atoms with Crippen LogP contribution < -0.4 is 5.32 Å². The van der Waals surface area contributed by atoms with Crippen LogP contribution >= 0.6 is 0 Å². The summed E-state index contributed by atoms with van der Waals surface area (Å²) >= 11 is 0. The molecule has 2 saturated heterocycles. The van der Waals surface area contributed by atoms with Crippen molar-refractivity contribution in [2.75, 3.05) is 26.2 Å². The average molecular weight is 262 g/mol. The van der Waals surface area contributed by atoms with Crippen LogP contribution in [-0.2, 0) is 4.79 Å². The van der Waals surface area contributed by atoms with E-state index in [-0.39, 0.29) is 12.5 Å². The second kappa shape index (κ2) is 5.02. The van der Waals surface area contributed by atoms with Gasteiger partial charge in [0.05, 0.1) is 6.07 Å². The number of carbonyl (C=O) groups excluding carboxylic acids is 2. The van der Waals surface area contributed by atoms with Crippen molar-refractivity contribution in [1.82, 2.24) is 15.1 Å². The Morgan fingerprint density at radius 3 is 2.63 bits per heavy atom. The molecule has 0 bridgehead atoms. The number of piperidine rings is 1. The maximum absolute atomic E-state index is 12.3. The van der Waals surface area contributed by atoms with E-state index in [2.05, 4.69) is 16.8 Å². The Labute approximate surface area is 112 Å². The molecule has 6 heteroatoms. The smallest absolute Gasteiger partial charge is 0.323 e. The highest BCUT2D eigenvalue weighted by atomic mass is 16.2. The lowest BCUT2D eigenvalue weighted by Crippen LogP contribution is -2.55. The molecule has 19 heavy (non-hydrogen) atoms. The predicted molar refractivity (Wildman–Crippen MR) is 69.1 cm³/mol.